The first-order valence-corrected chi connectivity index (χ1v) is 2.95. The van der Waals surface area contributed by atoms with E-state index in [1.165, 1.54) is 18.2 Å². The molecule has 0 fully saturated rings. The van der Waals surface area contributed by atoms with Gasteiger partial charge >= 0.3 is 5.97 Å². The Hall–Kier alpha value is -1.58. The van der Waals surface area contributed by atoms with Crippen LogP contribution in [0, 0.1) is 0 Å². The maximum absolute atomic E-state index is 10.6. The fraction of sp³-hybridized carbons (Fsp3) is 0.143. The van der Waals surface area contributed by atoms with Gasteiger partial charge in [0.15, 0.2) is 0 Å². The molecule has 0 unspecified atom stereocenters. The van der Waals surface area contributed by atoms with E-state index in [-0.39, 0.29) is 6.54 Å². The van der Waals surface area contributed by atoms with Crippen molar-refractivity contribution >= 4 is 11.9 Å². The van der Waals surface area contributed by atoms with Crippen LogP contribution in [0.25, 0.3) is 0 Å². The first kappa shape index (κ1) is 9.42. The van der Waals surface area contributed by atoms with Crippen LogP contribution in [0.5, 0.6) is 0 Å². The van der Waals surface area contributed by atoms with Gasteiger partial charge in [-0.25, -0.2) is 0 Å². The van der Waals surface area contributed by atoms with E-state index in [1.807, 2.05) is 0 Å². The van der Waals surface area contributed by atoms with E-state index in [1.54, 1.807) is 0 Å². The molecule has 4 heteroatoms. The van der Waals surface area contributed by atoms with Gasteiger partial charge in [0.25, 0.3) is 0 Å². The largest absolute Gasteiger partial charge is 0.480 e. The zero-order valence-corrected chi connectivity index (χ0v) is 5.91. The molecule has 1 amide bonds. The molecule has 60 valence electrons. The SMILES string of the molecule is C=C/C=C\C(=O)NCC(=O)O. The summed E-state index contributed by atoms with van der Waals surface area (Å²) in [7, 11) is 0. The number of carbonyl (C=O) groups excluding carboxylic acids is 1. The Bertz CT molecular complexity index is 196. The zero-order valence-electron chi connectivity index (χ0n) is 5.91. The molecule has 4 nitrogen and oxygen atoms in total. The van der Waals surface area contributed by atoms with Gasteiger partial charge in [0, 0.05) is 6.08 Å². The fourth-order valence-corrected chi connectivity index (χ4v) is 0.377. The standard InChI is InChI=1S/C7H9NO3/c1-2-3-4-6(9)8-5-7(10)11/h2-4H,1,5H2,(H,8,9)(H,10,11)/b4-3-. The quantitative estimate of drug-likeness (QED) is 0.441. The Balaban J connectivity index is 3.61. The van der Waals surface area contributed by atoms with Crippen LogP contribution in [-0.2, 0) is 9.59 Å². The summed E-state index contributed by atoms with van der Waals surface area (Å²) in [6.07, 6.45) is 4.06. The number of nitrogens with one attached hydrogen (secondary N) is 1. The molecule has 0 saturated heterocycles. The zero-order chi connectivity index (χ0) is 8.69. The molecule has 0 aromatic heterocycles. The average Bonchev–Trinajstić information content (AvgIpc) is 1.97. The van der Waals surface area contributed by atoms with Crippen molar-refractivity contribution in [3.8, 4) is 0 Å². The minimum absolute atomic E-state index is 0.361. The molecular formula is C7H9NO3. The van der Waals surface area contributed by atoms with Crippen molar-refractivity contribution in [3.63, 3.8) is 0 Å². The smallest absolute Gasteiger partial charge is 0.322 e. The molecule has 0 bridgehead atoms. The van der Waals surface area contributed by atoms with Crippen molar-refractivity contribution in [2.24, 2.45) is 0 Å². The Kier molecular flexibility index (Phi) is 4.47. The van der Waals surface area contributed by atoms with Crippen LogP contribution in [0.15, 0.2) is 24.8 Å². The maximum atomic E-state index is 10.6. The van der Waals surface area contributed by atoms with E-state index in [9.17, 15) is 9.59 Å². The second-order valence-corrected chi connectivity index (χ2v) is 1.71. The molecule has 11 heavy (non-hydrogen) atoms. The van der Waals surface area contributed by atoms with E-state index < -0.39 is 11.9 Å². The Morgan fingerprint density at radius 1 is 1.55 bits per heavy atom. The number of carboxylic acids is 1. The number of carboxylic acid groups (broad SMARTS) is 1. The number of allylic oxidation sites excluding steroid dienone is 2. The van der Waals surface area contributed by atoms with E-state index in [2.05, 4.69) is 11.9 Å². The molecule has 0 aliphatic rings. The average molecular weight is 155 g/mol. The summed E-state index contributed by atoms with van der Waals surface area (Å²) in [4.78, 5) is 20.5. The van der Waals surface area contributed by atoms with Crippen molar-refractivity contribution in [2.75, 3.05) is 6.54 Å². The molecule has 0 radical (unpaired) electrons. The van der Waals surface area contributed by atoms with Gasteiger partial charge in [-0.15, -0.1) is 0 Å². The molecule has 0 rings (SSSR count). The molecule has 0 spiro atoms. The summed E-state index contributed by atoms with van der Waals surface area (Å²) >= 11 is 0. The lowest BCUT2D eigenvalue weighted by molar-refractivity contribution is -0.137. The highest BCUT2D eigenvalue weighted by Crippen LogP contribution is 1.73. The predicted octanol–water partition coefficient (Wildman–Crippen LogP) is -0.0706. The third kappa shape index (κ3) is 6.30. The number of aliphatic carboxylic acids is 1. The second-order valence-electron chi connectivity index (χ2n) is 1.71. The molecule has 2 N–H and O–H groups in total. The molecule has 0 saturated carbocycles. The van der Waals surface area contributed by atoms with Gasteiger partial charge in [0.2, 0.25) is 5.91 Å². The lowest BCUT2D eigenvalue weighted by Crippen LogP contribution is -2.27. The van der Waals surface area contributed by atoms with E-state index >= 15 is 0 Å². The van der Waals surface area contributed by atoms with E-state index in [4.69, 9.17) is 5.11 Å². The molecule has 0 atom stereocenters. The van der Waals surface area contributed by atoms with Crippen LogP contribution < -0.4 is 5.32 Å². The van der Waals surface area contributed by atoms with E-state index in [0.29, 0.717) is 0 Å². The molecule has 0 aliphatic heterocycles. The van der Waals surface area contributed by atoms with Crippen molar-refractivity contribution in [3.05, 3.63) is 24.8 Å². The van der Waals surface area contributed by atoms with Crippen LogP contribution in [0.3, 0.4) is 0 Å². The lowest BCUT2D eigenvalue weighted by Gasteiger charge is -1.94. The van der Waals surface area contributed by atoms with Crippen LogP contribution in [0.1, 0.15) is 0 Å². The van der Waals surface area contributed by atoms with Crippen LogP contribution in [0.2, 0.25) is 0 Å². The van der Waals surface area contributed by atoms with Gasteiger partial charge < -0.3 is 10.4 Å². The minimum atomic E-state index is -1.06. The topological polar surface area (TPSA) is 66.4 Å². The summed E-state index contributed by atoms with van der Waals surface area (Å²) in [5, 5.41) is 10.3. The summed E-state index contributed by atoms with van der Waals surface area (Å²) in [5.41, 5.74) is 0. The lowest BCUT2D eigenvalue weighted by atomic mass is 10.4. The van der Waals surface area contributed by atoms with Crippen LogP contribution in [-0.4, -0.2) is 23.5 Å². The van der Waals surface area contributed by atoms with Gasteiger partial charge in [-0.05, 0) is 0 Å². The fourth-order valence-electron chi connectivity index (χ4n) is 0.377. The van der Waals surface area contributed by atoms with Crippen molar-refractivity contribution < 1.29 is 14.7 Å². The summed E-state index contributed by atoms with van der Waals surface area (Å²) in [6.45, 7) is 2.98. The third-order valence-corrected chi connectivity index (χ3v) is 0.798. The number of carbonyl (C=O) groups is 2. The highest BCUT2D eigenvalue weighted by molar-refractivity contribution is 5.90. The Morgan fingerprint density at radius 3 is 2.64 bits per heavy atom. The highest BCUT2D eigenvalue weighted by atomic mass is 16.4. The molecular weight excluding hydrogens is 146 g/mol. The normalized spacial score (nSPS) is 9.45. The van der Waals surface area contributed by atoms with Gasteiger partial charge in [-0.3, -0.25) is 9.59 Å². The molecule has 0 aromatic carbocycles. The third-order valence-electron chi connectivity index (χ3n) is 0.798. The van der Waals surface area contributed by atoms with E-state index in [0.717, 1.165) is 0 Å². The summed E-state index contributed by atoms with van der Waals surface area (Å²) in [6, 6.07) is 0. The predicted molar refractivity (Wildman–Crippen MR) is 40.0 cm³/mol. The highest BCUT2D eigenvalue weighted by Gasteiger charge is 1.97. The maximum Gasteiger partial charge on any atom is 0.322 e. The number of hydrogen-bond donors (Lipinski definition) is 2. The number of hydrogen-bond acceptors (Lipinski definition) is 2. The number of amides is 1. The van der Waals surface area contributed by atoms with Crippen molar-refractivity contribution in [1.29, 1.82) is 0 Å². The Morgan fingerprint density at radius 2 is 2.18 bits per heavy atom. The van der Waals surface area contributed by atoms with Crippen molar-refractivity contribution in [1.82, 2.24) is 5.32 Å². The van der Waals surface area contributed by atoms with Gasteiger partial charge in [-0.2, -0.15) is 0 Å². The Labute approximate surface area is 64.2 Å². The van der Waals surface area contributed by atoms with Gasteiger partial charge in [0.05, 0.1) is 0 Å². The number of rotatable bonds is 4. The first-order valence-electron chi connectivity index (χ1n) is 2.95. The monoisotopic (exact) mass is 155 g/mol. The molecule has 0 aliphatic carbocycles. The van der Waals surface area contributed by atoms with Crippen molar-refractivity contribution in [2.45, 2.75) is 0 Å². The molecule has 0 heterocycles. The first-order chi connectivity index (χ1) is 5.16. The summed E-state index contributed by atoms with van der Waals surface area (Å²) < 4.78 is 0. The summed E-state index contributed by atoms with van der Waals surface area (Å²) in [5.74, 6) is -1.50. The van der Waals surface area contributed by atoms with Crippen LogP contribution in [0.4, 0.5) is 0 Å². The van der Waals surface area contributed by atoms with Crippen LogP contribution >= 0.6 is 0 Å². The van der Waals surface area contributed by atoms with Gasteiger partial charge in [-0.1, -0.05) is 18.7 Å². The molecule has 0 aromatic rings. The minimum Gasteiger partial charge on any atom is -0.480 e. The second kappa shape index (κ2) is 5.22. The van der Waals surface area contributed by atoms with Gasteiger partial charge in [0.1, 0.15) is 6.54 Å².